The van der Waals surface area contributed by atoms with Crippen molar-refractivity contribution in [2.45, 2.75) is 12.5 Å². The van der Waals surface area contributed by atoms with Gasteiger partial charge in [-0.15, -0.1) is 0 Å². The lowest BCUT2D eigenvalue weighted by molar-refractivity contribution is 0.313. The lowest BCUT2D eigenvalue weighted by Gasteiger charge is -2.21. The number of nitrogens with two attached hydrogens (primary N) is 1. The minimum atomic E-state index is 0.432. The smallest absolute Gasteiger partial charge is 0.0410 e. The van der Waals surface area contributed by atoms with Gasteiger partial charge in [-0.2, -0.15) is 0 Å². The molecule has 0 aliphatic carbocycles. The monoisotopic (exact) mass is 302 g/mol. The first-order chi connectivity index (χ1) is 7.61. The molecule has 0 saturated carbocycles. The highest BCUT2D eigenvalue weighted by molar-refractivity contribution is 9.10. The Hall–Kier alpha value is -0.0900. The van der Waals surface area contributed by atoms with Crippen LogP contribution in [0.2, 0.25) is 5.02 Å². The summed E-state index contributed by atoms with van der Waals surface area (Å²) in [7, 11) is 2.15. The molecule has 0 radical (unpaired) electrons. The average molecular weight is 304 g/mol. The van der Waals surface area contributed by atoms with Gasteiger partial charge in [0.25, 0.3) is 0 Å². The molecule has 2 N–H and O–H groups in total. The minimum absolute atomic E-state index is 0.432. The molecule has 2 atom stereocenters. The molecule has 1 aromatic rings. The van der Waals surface area contributed by atoms with E-state index in [1.807, 2.05) is 18.2 Å². The molecule has 1 heterocycles. The predicted molar refractivity (Wildman–Crippen MR) is 71.7 cm³/mol. The van der Waals surface area contributed by atoms with Crippen molar-refractivity contribution in [3.63, 3.8) is 0 Å². The predicted octanol–water partition coefficient (Wildman–Crippen LogP) is 3.05. The maximum Gasteiger partial charge on any atom is 0.0410 e. The molecule has 2 nitrogen and oxygen atoms in total. The van der Waals surface area contributed by atoms with Crippen molar-refractivity contribution in [1.29, 1.82) is 0 Å². The number of benzene rings is 1. The minimum Gasteiger partial charge on any atom is -0.330 e. The molecular weight excluding hydrogens is 288 g/mol. The van der Waals surface area contributed by atoms with Gasteiger partial charge in [0.1, 0.15) is 0 Å². The van der Waals surface area contributed by atoms with E-state index in [0.29, 0.717) is 12.0 Å². The van der Waals surface area contributed by atoms with E-state index >= 15 is 0 Å². The summed E-state index contributed by atoms with van der Waals surface area (Å²) in [5.41, 5.74) is 7.01. The van der Waals surface area contributed by atoms with Crippen molar-refractivity contribution in [2.75, 3.05) is 20.1 Å². The standard InChI is InChI=1S/C12H16BrClN2/c1-16-7-8(6-15)4-12(16)10-5-9(14)2-3-11(10)13/h2-3,5,8,12H,4,6-7,15H2,1H3. The lowest BCUT2D eigenvalue weighted by Crippen LogP contribution is -2.20. The van der Waals surface area contributed by atoms with Crippen LogP contribution in [0.4, 0.5) is 0 Å². The van der Waals surface area contributed by atoms with Crippen LogP contribution in [0.3, 0.4) is 0 Å². The van der Waals surface area contributed by atoms with Gasteiger partial charge < -0.3 is 5.73 Å². The van der Waals surface area contributed by atoms with Crippen molar-refractivity contribution >= 4 is 27.5 Å². The summed E-state index contributed by atoms with van der Waals surface area (Å²) in [5, 5.41) is 0.794. The van der Waals surface area contributed by atoms with E-state index < -0.39 is 0 Å². The molecular formula is C12H16BrClN2. The molecule has 1 fully saturated rings. The van der Waals surface area contributed by atoms with Crippen LogP contribution in [-0.4, -0.2) is 25.0 Å². The molecule has 1 aliphatic rings. The highest BCUT2D eigenvalue weighted by Gasteiger charge is 2.30. The third-order valence-electron chi connectivity index (χ3n) is 3.29. The van der Waals surface area contributed by atoms with E-state index in [0.717, 1.165) is 29.0 Å². The van der Waals surface area contributed by atoms with Gasteiger partial charge in [-0.3, -0.25) is 4.90 Å². The SMILES string of the molecule is CN1CC(CN)CC1c1cc(Cl)ccc1Br. The fourth-order valence-corrected chi connectivity index (χ4v) is 3.10. The number of nitrogens with zero attached hydrogens (tertiary/aromatic N) is 1. The average Bonchev–Trinajstić information content (AvgIpc) is 2.63. The second-order valence-corrected chi connectivity index (χ2v) is 5.75. The normalized spacial score (nSPS) is 26.2. The quantitative estimate of drug-likeness (QED) is 0.910. The molecule has 2 unspecified atom stereocenters. The van der Waals surface area contributed by atoms with Crippen molar-refractivity contribution < 1.29 is 0 Å². The van der Waals surface area contributed by atoms with Crippen molar-refractivity contribution in [2.24, 2.45) is 11.7 Å². The Labute approximate surface area is 110 Å². The highest BCUT2D eigenvalue weighted by Crippen LogP contribution is 2.38. The summed E-state index contributed by atoms with van der Waals surface area (Å²) in [6.45, 7) is 1.83. The van der Waals surface area contributed by atoms with Crippen LogP contribution in [-0.2, 0) is 0 Å². The van der Waals surface area contributed by atoms with Crippen LogP contribution in [0.15, 0.2) is 22.7 Å². The van der Waals surface area contributed by atoms with Crippen LogP contribution in [0.5, 0.6) is 0 Å². The third kappa shape index (κ3) is 2.43. The molecule has 4 heteroatoms. The fourth-order valence-electron chi connectivity index (χ4n) is 2.41. The first kappa shape index (κ1) is 12.4. The zero-order chi connectivity index (χ0) is 11.7. The Balaban J connectivity index is 2.27. The van der Waals surface area contributed by atoms with Crippen molar-refractivity contribution in [1.82, 2.24) is 4.90 Å². The number of hydrogen-bond acceptors (Lipinski definition) is 2. The maximum absolute atomic E-state index is 6.05. The summed E-state index contributed by atoms with van der Waals surface area (Å²) in [6.07, 6.45) is 1.12. The maximum atomic E-state index is 6.05. The Kier molecular flexibility index (Phi) is 3.90. The highest BCUT2D eigenvalue weighted by atomic mass is 79.9. The topological polar surface area (TPSA) is 29.3 Å². The van der Waals surface area contributed by atoms with Crippen LogP contribution in [0, 0.1) is 5.92 Å². The van der Waals surface area contributed by atoms with Crippen LogP contribution in [0.25, 0.3) is 0 Å². The Bertz CT molecular complexity index is 383. The van der Waals surface area contributed by atoms with Crippen LogP contribution in [0.1, 0.15) is 18.0 Å². The summed E-state index contributed by atoms with van der Waals surface area (Å²) in [6, 6.07) is 6.40. The molecule has 16 heavy (non-hydrogen) atoms. The first-order valence-electron chi connectivity index (χ1n) is 5.47. The summed E-state index contributed by atoms with van der Waals surface area (Å²) < 4.78 is 1.13. The molecule has 0 amide bonds. The first-order valence-corrected chi connectivity index (χ1v) is 6.64. The molecule has 0 bridgehead atoms. The van der Waals surface area contributed by atoms with Crippen molar-refractivity contribution in [3.05, 3.63) is 33.3 Å². The van der Waals surface area contributed by atoms with Gasteiger partial charge in [-0.25, -0.2) is 0 Å². The number of rotatable bonds is 2. The van der Waals surface area contributed by atoms with E-state index in [9.17, 15) is 0 Å². The Morgan fingerprint density at radius 2 is 2.31 bits per heavy atom. The lowest BCUT2D eigenvalue weighted by atomic mass is 10.00. The number of halogens is 2. The van der Waals surface area contributed by atoms with Gasteiger partial charge in [0.15, 0.2) is 0 Å². The molecule has 2 rings (SSSR count). The Morgan fingerprint density at radius 1 is 1.56 bits per heavy atom. The van der Waals surface area contributed by atoms with E-state index in [1.54, 1.807) is 0 Å². The molecule has 1 aromatic carbocycles. The molecule has 88 valence electrons. The van der Waals surface area contributed by atoms with Crippen molar-refractivity contribution in [3.8, 4) is 0 Å². The summed E-state index contributed by atoms with van der Waals surface area (Å²) in [5.74, 6) is 0.598. The number of hydrogen-bond donors (Lipinski definition) is 1. The van der Waals surface area contributed by atoms with E-state index in [1.165, 1.54) is 5.56 Å². The molecule has 1 saturated heterocycles. The Morgan fingerprint density at radius 3 is 2.94 bits per heavy atom. The zero-order valence-corrected chi connectivity index (χ0v) is 11.6. The fraction of sp³-hybridized carbons (Fsp3) is 0.500. The van der Waals surface area contributed by atoms with Gasteiger partial charge >= 0.3 is 0 Å². The number of likely N-dealkylation sites (tertiary alicyclic amines) is 1. The molecule has 1 aliphatic heterocycles. The third-order valence-corrected chi connectivity index (χ3v) is 4.24. The second kappa shape index (κ2) is 5.05. The van der Waals surface area contributed by atoms with E-state index in [2.05, 4.69) is 27.9 Å². The van der Waals surface area contributed by atoms with Gasteiger partial charge in [0.2, 0.25) is 0 Å². The van der Waals surface area contributed by atoms with Crippen LogP contribution >= 0.6 is 27.5 Å². The second-order valence-electron chi connectivity index (χ2n) is 4.46. The van der Waals surface area contributed by atoms with Gasteiger partial charge in [0, 0.05) is 22.1 Å². The van der Waals surface area contributed by atoms with Gasteiger partial charge in [0.05, 0.1) is 0 Å². The summed E-state index contributed by atoms with van der Waals surface area (Å²) in [4.78, 5) is 2.36. The zero-order valence-electron chi connectivity index (χ0n) is 9.29. The van der Waals surface area contributed by atoms with Gasteiger partial charge in [-0.05, 0) is 49.7 Å². The summed E-state index contributed by atoms with van der Waals surface area (Å²) >= 11 is 9.64. The molecule has 0 aromatic heterocycles. The van der Waals surface area contributed by atoms with E-state index in [-0.39, 0.29) is 0 Å². The largest absolute Gasteiger partial charge is 0.330 e. The van der Waals surface area contributed by atoms with Crippen LogP contribution < -0.4 is 5.73 Å². The van der Waals surface area contributed by atoms with E-state index in [4.69, 9.17) is 17.3 Å². The van der Waals surface area contributed by atoms with Gasteiger partial charge in [-0.1, -0.05) is 27.5 Å². The molecule has 0 spiro atoms.